The molecule has 0 atom stereocenters. The summed E-state index contributed by atoms with van der Waals surface area (Å²) in [7, 11) is 1.67. The third-order valence-electron chi connectivity index (χ3n) is 2.94. The Hall–Kier alpha value is -1.95. The van der Waals surface area contributed by atoms with Crippen LogP contribution in [0.2, 0.25) is 0 Å². The van der Waals surface area contributed by atoms with Crippen LogP contribution >= 0.6 is 11.8 Å². The highest BCUT2D eigenvalue weighted by Gasteiger charge is 2.06. The summed E-state index contributed by atoms with van der Waals surface area (Å²) >= 11 is 1.52. The summed E-state index contributed by atoms with van der Waals surface area (Å²) in [5.41, 5.74) is 2.10. The molecule has 0 amide bonds. The molecular weight excluding hydrogens is 284 g/mol. The molecule has 0 aliphatic rings. The summed E-state index contributed by atoms with van der Waals surface area (Å²) in [6.07, 6.45) is 1.97. The van der Waals surface area contributed by atoms with Gasteiger partial charge in [0, 0.05) is 18.3 Å². The largest absolute Gasteiger partial charge is 0.497 e. The Morgan fingerprint density at radius 1 is 1.19 bits per heavy atom. The third kappa shape index (κ3) is 4.01. The van der Waals surface area contributed by atoms with Crippen LogP contribution in [-0.2, 0) is 0 Å². The zero-order valence-corrected chi connectivity index (χ0v) is 13.5. The van der Waals surface area contributed by atoms with Crippen molar-refractivity contribution in [3.05, 3.63) is 29.8 Å². The van der Waals surface area contributed by atoms with Gasteiger partial charge in [-0.3, -0.25) is 0 Å². The number of nitrogens with one attached hydrogen (secondary N) is 2. The van der Waals surface area contributed by atoms with Gasteiger partial charge in [0.05, 0.1) is 7.11 Å². The highest BCUT2D eigenvalue weighted by atomic mass is 32.2. The SMILES string of the molecule is CCNc1cc(Nc2ccc(OC)cc2C)nc(SC)n1. The number of rotatable bonds is 6. The topological polar surface area (TPSA) is 59.1 Å². The Morgan fingerprint density at radius 2 is 1.95 bits per heavy atom. The lowest BCUT2D eigenvalue weighted by Crippen LogP contribution is -2.04. The minimum Gasteiger partial charge on any atom is -0.497 e. The van der Waals surface area contributed by atoms with Crippen LogP contribution in [-0.4, -0.2) is 29.9 Å². The molecule has 6 heteroatoms. The number of nitrogens with zero attached hydrogens (tertiary/aromatic N) is 2. The molecule has 0 aliphatic carbocycles. The van der Waals surface area contributed by atoms with E-state index in [1.807, 2.05) is 44.4 Å². The lowest BCUT2D eigenvalue weighted by molar-refractivity contribution is 0.414. The first-order valence-corrected chi connectivity index (χ1v) is 7.97. The fourth-order valence-electron chi connectivity index (χ4n) is 1.89. The van der Waals surface area contributed by atoms with Crippen molar-refractivity contribution in [3.63, 3.8) is 0 Å². The Morgan fingerprint density at radius 3 is 2.57 bits per heavy atom. The predicted molar refractivity (Wildman–Crippen MR) is 89.0 cm³/mol. The van der Waals surface area contributed by atoms with E-state index in [9.17, 15) is 0 Å². The molecule has 0 radical (unpaired) electrons. The standard InChI is InChI=1S/C15H20N4OS/c1-5-16-13-9-14(19-15(18-13)21-4)17-12-7-6-11(20-3)8-10(12)2/h6-9H,5H2,1-4H3,(H2,16,17,18,19). The van der Waals surface area contributed by atoms with Crippen LogP contribution in [0.25, 0.3) is 0 Å². The van der Waals surface area contributed by atoms with Gasteiger partial charge in [-0.2, -0.15) is 0 Å². The van der Waals surface area contributed by atoms with E-state index in [4.69, 9.17) is 4.74 Å². The number of benzene rings is 1. The number of ether oxygens (including phenoxy) is 1. The number of aryl methyl sites for hydroxylation is 1. The number of aromatic nitrogens is 2. The zero-order valence-electron chi connectivity index (χ0n) is 12.7. The molecule has 0 fully saturated rings. The first kappa shape index (κ1) is 15.4. The molecule has 0 bridgehead atoms. The van der Waals surface area contributed by atoms with E-state index in [0.717, 1.165) is 40.3 Å². The maximum absolute atomic E-state index is 5.22. The Labute approximate surface area is 129 Å². The Bertz CT molecular complexity index is 619. The average Bonchev–Trinajstić information content (AvgIpc) is 2.49. The van der Waals surface area contributed by atoms with E-state index in [1.54, 1.807) is 7.11 Å². The second kappa shape index (κ2) is 7.17. The van der Waals surface area contributed by atoms with Crippen LogP contribution in [0.1, 0.15) is 12.5 Å². The van der Waals surface area contributed by atoms with Crippen LogP contribution in [0.4, 0.5) is 17.3 Å². The highest BCUT2D eigenvalue weighted by Crippen LogP contribution is 2.25. The van der Waals surface area contributed by atoms with Crippen molar-refractivity contribution >= 4 is 29.1 Å². The molecule has 0 saturated heterocycles. The summed E-state index contributed by atoms with van der Waals surface area (Å²) in [5.74, 6) is 2.45. The van der Waals surface area contributed by atoms with Gasteiger partial charge in [-0.1, -0.05) is 11.8 Å². The molecule has 2 rings (SSSR count). The molecule has 2 aromatic rings. The van der Waals surface area contributed by atoms with Crippen molar-refractivity contribution in [2.24, 2.45) is 0 Å². The number of hydrogen-bond acceptors (Lipinski definition) is 6. The monoisotopic (exact) mass is 304 g/mol. The molecule has 0 aliphatic heterocycles. The maximum Gasteiger partial charge on any atom is 0.191 e. The minimum atomic E-state index is 0.738. The Kier molecular flexibility index (Phi) is 5.27. The highest BCUT2D eigenvalue weighted by molar-refractivity contribution is 7.98. The Balaban J connectivity index is 2.27. The minimum absolute atomic E-state index is 0.738. The summed E-state index contributed by atoms with van der Waals surface area (Å²) in [4.78, 5) is 8.90. The zero-order chi connectivity index (χ0) is 15.2. The molecule has 0 unspecified atom stereocenters. The third-order valence-corrected chi connectivity index (χ3v) is 3.49. The van der Waals surface area contributed by atoms with E-state index in [2.05, 4.69) is 20.6 Å². The summed E-state index contributed by atoms with van der Waals surface area (Å²) in [6, 6.07) is 7.82. The smallest absolute Gasteiger partial charge is 0.191 e. The number of thioether (sulfide) groups is 1. The molecule has 2 N–H and O–H groups in total. The molecule has 1 heterocycles. The number of methoxy groups -OCH3 is 1. The first-order valence-electron chi connectivity index (χ1n) is 6.75. The van der Waals surface area contributed by atoms with Crippen LogP contribution in [0.15, 0.2) is 29.4 Å². The second-order valence-electron chi connectivity index (χ2n) is 4.46. The second-order valence-corrected chi connectivity index (χ2v) is 5.23. The molecule has 5 nitrogen and oxygen atoms in total. The quantitative estimate of drug-likeness (QED) is 0.627. The van der Waals surface area contributed by atoms with Crippen LogP contribution < -0.4 is 15.4 Å². The molecule has 112 valence electrons. The van der Waals surface area contributed by atoms with E-state index in [1.165, 1.54) is 11.8 Å². The molecule has 0 saturated carbocycles. The van der Waals surface area contributed by atoms with Crippen molar-refractivity contribution < 1.29 is 4.74 Å². The summed E-state index contributed by atoms with van der Waals surface area (Å²) < 4.78 is 5.22. The normalized spacial score (nSPS) is 10.3. The predicted octanol–water partition coefficient (Wildman–Crippen LogP) is 3.69. The van der Waals surface area contributed by atoms with E-state index < -0.39 is 0 Å². The van der Waals surface area contributed by atoms with Crippen molar-refractivity contribution in [1.82, 2.24) is 9.97 Å². The molecule has 1 aromatic heterocycles. The van der Waals surface area contributed by atoms with Gasteiger partial charge in [-0.25, -0.2) is 9.97 Å². The van der Waals surface area contributed by atoms with E-state index in [-0.39, 0.29) is 0 Å². The van der Waals surface area contributed by atoms with Gasteiger partial charge < -0.3 is 15.4 Å². The van der Waals surface area contributed by atoms with Gasteiger partial charge in [0.25, 0.3) is 0 Å². The first-order chi connectivity index (χ1) is 10.2. The van der Waals surface area contributed by atoms with Crippen LogP contribution in [0.3, 0.4) is 0 Å². The number of hydrogen-bond donors (Lipinski definition) is 2. The van der Waals surface area contributed by atoms with Gasteiger partial charge in [-0.15, -0.1) is 0 Å². The van der Waals surface area contributed by atoms with Crippen LogP contribution in [0.5, 0.6) is 5.75 Å². The summed E-state index contributed by atoms with van der Waals surface area (Å²) in [6.45, 7) is 4.90. The van der Waals surface area contributed by atoms with Crippen molar-refractivity contribution in [3.8, 4) is 5.75 Å². The fourth-order valence-corrected chi connectivity index (χ4v) is 2.27. The number of anilines is 3. The lowest BCUT2D eigenvalue weighted by atomic mass is 10.2. The van der Waals surface area contributed by atoms with Gasteiger partial charge in [0.15, 0.2) is 5.16 Å². The lowest BCUT2D eigenvalue weighted by Gasteiger charge is -2.12. The molecule has 21 heavy (non-hydrogen) atoms. The van der Waals surface area contributed by atoms with Gasteiger partial charge in [-0.05, 0) is 43.9 Å². The molecule has 1 aromatic carbocycles. The maximum atomic E-state index is 5.22. The van der Waals surface area contributed by atoms with Crippen molar-refractivity contribution in [1.29, 1.82) is 0 Å². The average molecular weight is 304 g/mol. The van der Waals surface area contributed by atoms with E-state index in [0.29, 0.717) is 0 Å². The van der Waals surface area contributed by atoms with Gasteiger partial charge >= 0.3 is 0 Å². The van der Waals surface area contributed by atoms with Crippen LogP contribution in [0, 0.1) is 6.92 Å². The van der Waals surface area contributed by atoms with Crippen molar-refractivity contribution in [2.45, 2.75) is 19.0 Å². The van der Waals surface area contributed by atoms with Crippen molar-refractivity contribution in [2.75, 3.05) is 30.5 Å². The summed E-state index contributed by atoms with van der Waals surface area (Å²) in [5, 5.41) is 7.29. The fraction of sp³-hybridized carbons (Fsp3) is 0.333. The molecule has 0 spiro atoms. The van der Waals surface area contributed by atoms with E-state index >= 15 is 0 Å². The molecular formula is C15H20N4OS. The van der Waals surface area contributed by atoms with Gasteiger partial charge in [0.1, 0.15) is 17.4 Å². The van der Waals surface area contributed by atoms with Gasteiger partial charge in [0.2, 0.25) is 0 Å².